The Labute approximate surface area is 99.3 Å². The van der Waals surface area contributed by atoms with Crippen molar-refractivity contribution in [3.8, 4) is 5.75 Å². The lowest BCUT2D eigenvalue weighted by Gasteiger charge is -2.25. The molecule has 0 saturated carbocycles. The Morgan fingerprint density at radius 1 is 1.65 bits per heavy atom. The summed E-state index contributed by atoms with van der Waals surface area (Å²) in [5.41, 5.74) is 6.84. The van der Waals surface area contributed by atoms with Crippen molar-refractivity contribution in [2.75, 3.05) is 11.9 Å². The topological polar surface area (TPSA) is 95.6 Å². The lowest BCUT2D eigenvalue weighted by Crippen LogP contribution is -2.39. The summed E-state index contributed by atoms with van der Waals surface area (Å²) in [6.07, 6.45) is 0.339. The quantitative estimate of drug-likeness (QED) is 0.584. The molecule has 0 aromatic heterocycles. The van der Waals surface area contributed by atoms with Crippen molar-refractivity contribution in [2.24, 2.45) is 5.73 Å². The summed E-state index contributed by atoms with van der Waals surface area (Å²) in [4.78, 5) is 10.8. The number of rotatable bonds is 3. The molecule has 0 aliphatic carbocycles. The number of para-hydroxylation sites is 1. The predicted octanol–water partition coefficient (Wildman–Crippen LogP) is 0.877. The normalized spacial score (nSPS) is 23.9. The third-order valence-electron chi connectivity index (χ3n) is 3.34. The zero-order valence-electron chi connectivity index (χ0n) is 9.60. The number of fused-ring (bicyclic) bond motifs is 1. The fourth-order valence-corrected chi connectivity index (χ4v) is 2.36. The van der Waals surface area contributed by atoms with Gasteiger partial charge in [-0.3, -0.25) is 4.79 Å². The first-order valence-electron chi connectivity index (χ1n) is 5.49. The van der Waals surface area contributed by atoms with Crippen LogP contribution in [0.1, 0.15) is 18.9 Å². The van der Waals surface area contributed by atoms with E-state index in [1.54, 1.807) is 12.1 Å². The van der Waals surface area contributed by atoms with Gasteiger partial charge in [-0.05, 0) is 18.1 Å². The minimum absolute atomic E-state index is 0.190. The number of carboxylic acids is 1. The van der Waals surface area contributed by atoms with E-state index in [-0.39, 0.29) is 11.2 Å². The number of anilines is 1. The van der Waals surface area contributed by atoms with Crippen molar-refractivity contribution in [1.29, 1.82) is 0 Å². The number of aliphatic carboxylic acids is 1. The Morgan fingerprint density at radius 3 is 3.00 bits per heavy atom. The van der Waals surface area contributed by atoms with E-state index in [1.807, 2.05) is 13.0 Å². The van der Waals surface area contributed by atoms with Crippen LogP contribution in [0.4, 0.5) is 5.69 Å². The van der Waals surface area contributed by atoms with Gasteiger partial charge in [0.15, 0.2) is 0 Å². The predicted molar refractivity (Wildman–Crippen MR) is 64.2 cm³/mol. The van der Waals surface area contributed by atoms with Crippen molar-refractivity contribution < 1.29 is 15.0 Å². The summed E-state index contributed by atoms with van der Waals surface area (Å²) in [5, 5.41) is 21.7. The van der Waals surface area contributed by atoms with Crippen LogP contribution in [0.25, 0.3) is 0 Å². The molecular formula is C12H16N2O3. The van der Waals surface area contributed by atoms with Gasteiger partial charge < -0.3 is 21.3 Å². The van der Waals surface area contributed by atoms with Crippen molar-refractivity contribution in [3.63, 3.8) is 0 Å². The SMILES string of the molecule is CC1(C[C@H](N)C(=O)O)CNc2c(O)cccc21. The highest BCUT2D eigenvalue weighted by Crippen LogP contribution is 2.43. The molecule has 1 heterocycles. The van der Waals surface area contributed by atoms with Crippen molar-refractivity contribution >= 4 is 11.7 Å². The summed E-state index contributed by atoms with van der Waals surface area (Å²) in [5.74, 6) is -0.810. The first-order chi connectivity index (χ1) is 7.94. The van der Waals surface area contributed by atoms with Crippen LogP contribution in [0.5, 0.6) is 5.75 Å². The fraction of sp³-hybridized carbons (Fsp3) is 0.417. The van der Waals surface area contributed by atoms with Crippen LogP contribution >= 0.6 is 0 Å². The van der Waals surface area contributed by atoms with Crippen LogP contribution in [0, 0.1) is 0 Å². The molecule has 0 radical (unpaired) electrons. The number of nitrogens with two attached hydrogens (primary N) is 1. The Bertz CT molecular complexity index is 461. The smallest absolute Gasteiger partial charge is 0.320 e. The highest BCUT2D eigenvalue weighted by molar-refractivity contribution is 5.74. The van der Waals surface area contributed by atoms with Gasteiger partial charge in [0.2, 0.25) is 0 Å². The summed E-state index contributed by atoms with van der Waals surface area (Å²) < 4.78 is 0. The molecule has 5 heteroatoms. The molecule has 2 rings (SSSR count). The fourth-order valence-electron chi connectivity index (χ4n) is 2.36. The first kappa shape index (κ1) is 11.7. The number of hydrogen-bond acceptors (Lipinski definition) is 4. The second-order valence-corrected chi connectivity index (χ2v) is 4.76. The molecule has 1 aromatic rings. The Morgan fingerprint density at radius 2 is 2.35 bits per heavy atom. The van der Waals surface area contributed by atoms with E-state index in [9.17, 15) is 9.90 Å². The third-order valence-corrected chi connectivity index (χ3v) is 3.34. The molecular weight excluding hydrogens is 220 g/mol. The molecule has 5 nitrogen and oxygen atoms in total. The van der Waals surface area contributed by atoms with Gasteiger partial charge in [0, 0.05) is 12.0 Å². The largest absolute Gasteiger partial charge is 0.506 e. The average Bonchev–Trinajstić information content (AvgIpc) is 2.58. The van der Waals surface area contributed by atoms with Gasteiger partial charge in [0.25, 0.3) is 0 Å². The number of benzene rings is 1. The minimum atomic E-state index is -1.00. The number of hydrogen-bond donors (Lipinski definition) is 4. The van der Waals surface area contributed by atoms with E-state index >= 15 is 0 Å². The monoisotopic (exact) mass is 236 g/mol. The van der Waals surface area contributed by atoms with E-state index in [0.29, 0.717) is 18.7 Å². The molecule has 1 aromatic carbocycles. The van der Waals surface area contributed by atoms with Gasteiger partial charge in [0.1, 0.15) is 11.8 Å². The maximum atomic E-state index is 10.8. The number of phenolic OH excluding ortho intramolecular Hbond substituents is 1. The van der Waals surface area contributed by atoms with Gasteiger partial charge in [0.05, 0.1) is 5.69 Å². The molecule has 0 saturated heterocycles. The second kappa shape index (κ2) is 3.92. The molecule has 0 spiro atoms. The molecule has 5 N–H and O–H groups in total. The summed E-state index contributed by atoms with van der Waals surface area (Å²) in [7, 11) is 0. The van der Waals surface area contributed by atoms with E-state index in [2.05, 4.69) is 5.32 Å². The Hall–Kier alpha value is -1.75. The van der Waals surface area contributed by atoms with Gasteiger partial charge in [-0.2, -0.15) is 0 Å². The molecule has 0 bridgehead atoms. The van der Waals surface area contributed by atoms with Crippen LogP contribution in [0.3, 0.4) is 0 Å². The van der Waals surface area contributed by atoms with Crippen LogP contribution in [-0.2, 0) is 10.2 Å². The molecule has 1 aliphatic rings. The number of aromatic hydroxyl groups is 1. The Balaban J connectivity index is 2.31. The number of phenols is 1. The molecule has 1 unspecified atom stereocenters. The molecule has 2 atom stereocenters. The zero-order valence-corrected chi connectivity index (χ0v) is 9.60. The maximum absolute atomic E-state index is 10.8. The first-order valence-corrected chi connectivity index (χ1v) is 5.49. The van der Waals surface area contributed by atoms with E-state index < -0.39 is 12.0 Å². The van der Waals surface area contributed by atoms with E-state index in [1.165, 1.54) is 0 Å². The van der Waals surface area contributed by atoms with Gasteiger partial charge in [-0.25, -0.2) is 0 Å². The van der Waals surface area contributed by atoms with Crippen LogP contribution in [-0.4, -0.2) is 28.8 Å². The van der Waals surface area contributed by atoms with Gasteiger partial charge in [-0.15, -0.1) is 0 Å². The summed E-state index contributed by atoms with van der Waals surface area (Å²) in [6, 6.07) is 4.36. The number of carboxylic acid groups (broad SMARTS) is 1. The minimum Gasteiger partial charge on any atom is -0.506 e. The second-order valence-electron chi connectivity index (χ2n) is 4.76. The summed E-state index contributed by atoms with van der Waals surface area (Å²) in [6.45, 7) is 2.54. The van der Waals surface area contributed by atoms with Crippen LogP contribution in [0.15, 0.2) is 18.2 Å². The Kier molecular flexibility index (Phi) is 2.71. The lowest BCUT2D eigenvalue weighted by molar-refractivity contribution is -0.139. The molecule has 1 aliphatic heterocycles. The number of carbonyl (C=O) groups is 1. The molecule has 17 heavy (non-hydrogen) atoms. The van der Waals surface area contributed by atoms with Crippen LogP contribution < -0.4 is 11.1 Å². The summed E-state index contributed by atoms with van der Waals surface area (Å²) >= 11 is 0. The zero-order chi connectivity index (χ0) is 12.6. The highest BCUT2D eigenvalue weighted by atomic mass is 16.4. The molecule has 0 fully saturated rings. The molecule has 92 valence electrons. The standard InChI is InChI=1S/C12H16N2O3/c1-12(5-8(13)11(16)17)6-14-10-7(12)3-2-4-9(10)15/h2-4,8,14-15H,5-6,13H2,1H3,(H,16,17)/t8-,12?/m0/s1. The third kappa shape index (κ3) is 1.93. The van der Waals surface area contributed by atoms with E-state index in [0.717, 1.165) is 5.56 Å². The lowest BCUT2D eigenvalue weighted by atomic mass is 9.79. The molecule has 0 amide bonds. The van der Waals surface area contributed by atoms with Crippen molar-refractivity contribution in [3.05, 3.63) is 23.8 Å². The van der Waals surface area contributed by atoms with Gasteiger partial charge >= 0.3 is 5.97 Å². The highest BCUT2D eigenvalue weighted by Gasteiger charge is 2.38. The van der Waals surface area contributed by atoms with E-state index in [4.69, 9.17) is 10.8 Å². The number of nitrogens with one attached hydrogen (secondary N) is 1. The maximum Gasteiger partial charge on any atom is 0.320 e. The van der Waals surface area contributed by atoms with Gasteiger partial charge in [-0.1, -0.05) is 19.1 Å². The van der Waals surface area contributed by atoms with Crippen LogP contribution in [0.2, 0.25) is 0 Å². The van der Waals surface area contributed by atoms with Crippen molar-refractivity contribution in [1.82, 2.24) is 0 Å². The average molecular weight is 236 g/mol. The van der Waals surface area contributed by atoms with Crippen molar-refractivity contribution in [2.45, 2.75) is 24.8 Å².